The molecule has 5 N–H and O–H groups in total. The molecule has 2 unspecified atom stereocenters. The summed E-state index contributed by atoms with van der Waals surface area (Å²) >= 11 is 0. The number of fused-ring (bicyclic) bond motifs is 5. The lowest BCUT2D eigenvalue weighted by Gasteiger charge is -2.67. The summed E-state index contributed by atoms with van der Waals surface area (Å²) in [4.78, 5) is 69.5. The van der Waals surface area contributed by atoms with Crippen LogP contribution in [-0.4, -0.2) is 104 Å². The number of benzene rings is 3. The van der Waals surface area contributed by atoms with Crippen molar-refractivity contribution in [1.29, 1.82) is 0 Å². The largest absolute Gasteiger partial charge is 0.456 e. The topological polar surface area (TPSA) is 215 Å². The maximum absolute atomic E-state index is 15.0. The molecule has 1 saturated heterocycles. The molecule has 3 fully saturated rings. The second kappa shape index (κ2) is 15.4. The molecule has 59 heavy (non-hydrogen) atoms. The Hall–Kier alpha value is -5.25. The van der Waals surface area contributed by atoms with Gasteiger partial charge in [-0.3, -0.25) is 14.4 Å². The van der Waals surface area contributed by atoms with E-state index in [4.69, 9.17) is 18.9 Å². The van der Waals surface area contributed by atoms with Crippen LogP contribution in [0.25, 0.3) is 0 Å². The maximum Gasteiger partial charge on any atom is 0.338 e. The highest BCUT2D eigenvalue weighted by Gasteiger charge is 2.78. The molecule has 3 aromatic rings. The van der Waals surface area contributed by atoms with Gasteiger partial charge in [-0.15, -0.1) is 0 Å². The quantitative estimate of drug-likeness (QED) is 0.120. The summed E-state index contributed by atoms with van der Waals surface area (Å²) in [6.07, 6.45) is -10.5. The third-order valence-corrected chi connectivity index (χ3v) is 13.2. The van der Waals surface area contributed by atoms with Gasteiger partial charge in [0.25, 0.3) is 5.91 Å². The number of hydrogen-bond donors (Lipinski definition) is 5. The Balaban J connectivity index is 1.34. The SMILES string of the molecule is CC(=O)O[C@@]12COC1C[C@H](O)[C@@]1(C)C(=O)[C@H](O)C3=C(C)[C@@H](OC(=O)[C@H](O)[C@@H](NC(=O)c4ccccc4)c4ccccc4)C[C@@](O)([C@@H](OC(=O)c4ccccc4)C21)C3(C)C. The van der Waals surface area contributed by atoms with Crippen molar-refractivity contribution in [1.82, 2.24) is 5.32 Å². The van der Waals surface area contributed by atoms with Crippen molar-refractivity contribution in [3.63, 3.8) is 0 Å². The number of esters is 3. The van der Waals surface area contributed by atoms with E-state index in [0.29, 0.717) is 5.56 Å². The van der Waals surface area contributed by atoms with Gasteiger partial charge in [0.05, 0.1) is 35.6 Å². The van der Waals surface area contributed by atoms with Gasteiger partial charge in [-0.25, -0.2) is 9.59 Å². The van der Waals surface area contributed by atoms with Crippen LogP contribution in [0.2, 0.25) is 0 Å². The van der Waals surface area contributed by atoms with Gasteiger partial charge in [0, 0.05) is 30.7 Å². The summed E-state index contributed by atoms with van der Waals surface area (Å²) in [5, 5.41) is 51.9. The Bertz CT molecular complexity index is 2160. The average molecular weight is 812 g/mol. The Morgan fingerprint density at radius 3 is 2.00 bits per heavy atom. The molecule has 14 heteroatoms. The first-order valence-electron chi connectivity index (χ1n) is 19.6. The van der Waals surface area contributed by atoms with Crippen molar-refractivity contribution in [2.24, 2.45) is 16.7 Å². The number of carbonyl (C=O) groups excluding carboxylic acids is 5. The molecule has 1 heterocycles. The number of nitrogens with one attached hydrogen (secondary N) is 1. The zero-order valence-electron chi connectivity index (χ0n) is 33.4. The number of hydrogen-bond acceptors (Lipinski definition) is 13. The third-order valence-electron chi connectivity index (χ3n) is 13.2. The van der Waals surface area contributed by atoms with Gasteiger partial charge < -0.3 is 44.7 Å². The molecule has 3 aliphatic carbocycles. The van der Waals surface area contributed by atoms with E-state index in [0.717, 1.165) is 6.92 Å². The summed E-state index contributed by atoms with van der Waals surface area (Å²) in [6, 6.07) is 23.1. The van der Waals surface area contributed by atoms with Gasteiger partial charge >= 0.3 is 17.9 Å². The molecule has 2 bridgehead atoms. The predicted octanol–water partition coefficient (Wildman–Crippen LogP) is 3.16. The van der Waals surface area contributed by atoms with Crippen molar-refractivity contribution in [2.75, 3.05) is 6.61 Å². The van der Waals surface area contributed by atoms with Gasteiger partial charge in [-0.1, -0.05) is 80.6 Å². The monoisotopic (exact) mass is 811 g/mol. The second-order valence-corrected chi connectivity index (χ2v) is 16.8. The fourth-order valence-corrected chi connectivity index (χ4v) is 9.94. The van der Waals surface area contributed by atoms with Crippen LogP contribution in [0.3, 0.4) is 0 Å². The van der Waals surface area contributed by atoms with Crippen molar-refractivity contribution in [3.05, 3.63) is 119 Å². The molecule has 7 rings (SSSR count). The van der Waals surface area contributed by atoms with Crippen molar-refractivity contribution in [3.8, 4) is 0 Å². The standard InChI is InChI=1S/C45H49NO13/c1-24-29(57-41(54)35(50)33(26-15-9-6-10-16-26)46-39(52)27-17-11-7-12-18-27)22-45(55)38(58-40(53)28-19-13-8-14-20-28)36-43(5,37(51)34(49)32(24)42(45,3)4)30(48)21-31-44(36,23-56-31)59-25(2)47/h6-20,29-31,33-36,38,48-50,55H,21-23H2,1-5H3,(H,46,52)/t29-,30-,31?,33-,34+,35+,36?,38-,43+,44-,45+/m0/s1. The first-order valence-corrected chi connectivity index (χ1v) is 19.6. The fraction of sp³-hybridized carbons (Fsp3) is 0.444. The lowest BCUT2D eigenvalue weighted by Crippen LogP contribution is -2.81. The van der Waals surface area contributed by atoms with E-state index in [9.17, 15) is 44.4 Å². The maximum atomic E-state index is 15.0. The average Bonchev–Trinajstić information content (AvgIpc) is 3.21. The number of rotatable bonds is 9. The van der Waals surface area contributed by atoms with Crippen molar-refractivity contribution in [2.45, 2.75) is 101 Å². The van der Waals surface area contributed by atoms with Crippen LogP contribution in [0.5, 0.6) is 0 Å². The fourth-order valence-electron chi connectivity index (χ4n) is 9.94. The molecule has 3 aromatic carbocycles. The minimum absolute atomic E-state index is 0.0540. The van der Waals surface area contributed by atoms with E-state index >= 15 is 0 Å². The third kappa shape index (κ3) is 6.76. The van der Waals surface area contributed by atoms with Crippen LogP contribution in [0.15, 0.2) is 102 Å². The van der Waals surface area contributed by atoms with Crippen LogP contribution in [0, 0.1) is 16.7 Å². The van der Waals surface area contributed by atoms with Gasteiger partial charge in [-0.2, -0.15) is 0 Å². The summed E-state index contributed by atoms with van der Waals surface area (Å²) in [5.74, 6) is -5.89. The first kappa shape index (κ1) is 41.9. The van der Waals surface area contributed by atoms with E-state index in [2.05, 4.69) is 5.32 Å². The zero-order chi connectivity index (χ0) is 42.7. The number of Topliss-reactive ketones (excluding diaryl/α,β-unsaturated/α-hetero) is 1. The predicted molar refractivity (Wildman–Crippen MR) is 208 cm³/mol. The normalized spacial score (nSPS) is 33.0. The number of aliphatic hydroxyl groups is 4. The highest BCUT2D eigenvalue weighted by Crippen LogP contribution is 2.64. The van der Waals surface area contributed by atoms with Gasteiger partial charge in [0.2, 0.25) is 0 Å². The smallest absolute Gasteiger partial charge is 0.338 e. The van der Waals surface area contributed by atoms with Crippen LogP contribution in [0.4, 0.5) is 0 Å². The van der Waals surface area contributed by atoms with E-state index in [1.54, 1.807) is 92.7 Å². The minimum atomic E-state index is -2.35. The van der Waals surface area contributed by atoms with Crippen LogP contribution < -0.4 is 5.32 Å². The van der Waals surface area contributed by atoms with Crippen molar-refractivity contribution < 1.29 is 63.3 Å². The van der Waals surface area contributed by atoms with Crippen LogP contribution >= 0.6 is 0 Å². The number of amides is 1. The Labute approximate surface area is 341 Å². The molecule has 1 aliphatic heterocycles. The van der Waals surface area contributed by atoms with E-state index in [-0.39, 0.29) is 35.3 Å². The molecular formula is C45H49NO13. The van der Waals surface area contributed by atoms with E-state index in [1.165, 1.54) is 26.0 Å². The molecule has 1 amide bonds. The Morgan fingerprint density at radius 2 is 1.44 bits per heavy atom. The number of ether oxygens (including phenoxy) is 4. The highest BCUT2D eigenvalue weighted by atomic mass is 16.6. The molecule has 0 aromatic heterocycles. The molecule has 0 radical (unpaired) electrons. The molecule has 0 spiro atoms. The first-order chi connectivity index (χ1) is 27.9. The zero-order valence-corrected chi connectivity index (χ0v) is 33.4. The summed E-state index contributed by atoms with van der Waals surface area (Å²) in [7, 11) is 0. The molecule has 4 aliphatic rings. The highest BCUT2D eigenvalue weighted by molar-refractivity contribution is 5.95. The molecular weight excluding hydrogens is 762 g/mol. The van der Waals surface area contributed by atoms with E-state index < -0.39 is 107 Å². The Morgan fingerprint density at radius 1 is 0.864 bits per heavy atom. The van der Waals surface area contributed by atoms with Gasteiger partial charge in [-0.05, 0) is 54.8 Å². The summed E-state index contributed by atoms with van der Waals surface area (Å²) < 4.78 is 24.2. The number of carbonyl (C=O) groups is 5. The molecule has 2 saturated carbocycles. The summed E-state index contributed by atoms with van der Waals surface area (Å²) in [6.45, 7) is 6.89. The molecule has 14 nitrogen and oxygen atoms in total. The van der Waals surface area contributed by atoms with Crippen LogP contribution in [-0.2, 0) is 33.3 Å². The van der Waals surface area contributed by atoms with E-state index in [1.807, 2.05) is 0 Å². The van der Waals surface area contributed by atoms with Gasteiger partial charge in [0.15, 0.2) is 17.5 Å². The molecule has 11 atom stereocenters. The van der Waals surface area contributed by atoms with Gasteiger partial charge in [0.1, 0.15) is 30.0 Å². The van der Waals surface area contributed by atoms with Crippen LogP contribution in [0.1, 0.15) is 79.8 Å². The Kier molecular flexibility index (Phi) is 10.9. The summed E-state index contributed by atoms with van der Waals surface area (Å²) in [5.41, 5.74) is -6.86. The molecule has 312 valence electrons. The number of aliphatic hydroxyl groups excluding tert-OH is 3. The second-order valence-electron chi connectivity index (χ2n) is 16.8. The number of ketones is 1. The minimum Gasteiger partial charge on any atom is -0.456 e. The lowest BCUT2D eigenvalue weighted by atomic mass is 9.44. The van der Waals surface area contributed by atoms with Crippen molar-refractivity contribution >= 4 is 29.6 Å². The lowest BCUT2D eigenvalue weighted by molar-refractivity contribution is -0.346.